The van der Waals surface area contributed by atoms with Gasteiger partial charge in [-0.2, -0.15) is 4.98 Å². The SMILES string of the molecule is CNC(=O)C1CNCCN1C(=O)c1noc(C)n1. The topological polar surface area (TPSA) is 100 Å². The number of carbonyl (C=O) groups is 2. The van der Waals surface area contributed by atoms with Gasteiger partial charge in [0.1, 0.15) is 6.04 Å². The highest BCUT2D eigenvalue weighted by Crippen LogP contribution is 2.08. The van der Waals surface area contributed by atoms with Gasteiger partial charge in [0.05, 0.1) is 0 Å². The number of hydrogen-bond donors (Lipinski definition) is 2. The molecule has 0 aliphatic carbocycles. The molecule has 1 aliphatic rings. The number of amides is 2. The van der Waals surface area contributed by atoms with Gasteiger partial charge in [0.15, 0.2) is 0 Å². The molecule has 2 rings (SSSR count). The predicted molar refractivity (Wildman–Crippen MR) is 60.8 cm³/mol. The van der Waals surface area contributed by atoms with E-state index in [0.29, 0.717) is 25.5 Å². The normalized spacial score (nSPS) is 19.7. The van der Waals surface area contributed by atoms with E-state index in [0.717, 1.165) is 0 Å². The lowest BCUT2D eigenvalue weighted by molar-refractivity contribution is -0.125. The van der Waals surface area contributed by atoms with Crippen LogP contribution in [0.15, 0.2) is 4.52 Å². The molecule has 98 valence electrons. The zero-order chi connectivity index (χ0) is 13.1. The lowest BCUT2D eigenvalue weighted by atomic mass is 10.1. The monoisotopic (exact) mass is 253 g/mol. The largest absolute Gasteiger partial charge is 0.357 e. The summed E-state index contributed by atoms with van der Waals surface area (Å²) in [6.07, 6.45) is 0. The minimum absolute atomic E-state index is 0.0108. The molecule has 1 saturated heterocycles. The van der Waals surface area contributed by atoms with Gasteiger partial charge in [-0.1, -0.05) is 5.16 Å². The molecule has 1 aromatic rings. The molecule has 0 aromatic carbocycles. The van der Waals surface area contributed by atoms with Crippen molar-refractivity contribution < 1.29 is 14.1 Å². The number of aryl methyl sites for hydroxylation is 1. The number of nitrogens with one attached hydrogen (secondary N) is 2. The summed E-state index contributed by atoms with van der Waals surface area (Å²) in [6, 6.07) is -0.546. The molecule has 8 nitrogen and oxygen atoms in total. The van der Waals surface area contributed by atoms with Gasteiger partial charge in [0.25, 0.3) is 11.7 Å². The number of likely N-dealkylation sites (N-methyl/N-ethyl adjacent to an activating group) is 1. The molecule has 0 radical (unpaired) electrons. The first kappa shape index (κ1) is 12.5. The quantitative estimate of drug-likeness (QED) is 0.668. The first-order valence-electron chi connectivity index (χ1n) is 5.67. The molecule has 2 heterocycles. The van der Waals surface area contributed by atoms with Crippen molar-refractivity contribution in [3.63, 3.8) is 0 Å². The number of hydrogen-bond acceptors (Lipinski definition) is 6. The maximum Gasteiger partial charge on any atom is 0.296 e. The lowest BCUT2D eigenvalue weighted by Gasteiger charge is -2.33. The Balaban J connectivity index is 2.18. The predicted octanol–water partition coefficient (Wildman–Crippen LogP) is -1.46. The third-order valence-corrected chi connectivity index (χ3v) is 2.77. The Bertz CT molecular complexity index is 458. The second-order valence-electron chi connectivity index (χ2n) is 3.97. The van der Waals surface area contributed by atoms with E-state index in [9.17, 15) is 9.59 Å². The van der Waals surface area contributed by atoms with E-state index in [4.69, 9.17) is 4.52 Å². The van der Waals surface area contributed by atoms with E-state index in [2.05, 4.69) is 20.8 Å². The highest BCUT2D eigenvalue weighted by molar-refractivity contribution is 5.95. The van der Waals surface area contributed by atoms with Crippen molar-refractivity contribution in [2.75, 3.05) is 26.7 Å². The van der Waals surface area contributed by atoms with Crippen molar-refractivity contribution in [1.29, 1.82) is 0 Å². The van der Waals surface area contributed by atoms with E-state index in [-0.39, 0.29) is 17.6 Å². The zero-order valence-corrected chi connectivity index (χ0v) is 10.3. The molecule has 0 spiro atoms. The summed E-state index contributed by atoms with van der Waals surface area (Å²) >= 11 is 0. The van der Waals surface area contributed by atoms with Crippen LogP contribution in [0.5, 0.6) is 0 Å². The Labute approximate surface area is 104 Å². The maximum atomic E-state index is 12.2. The van der Waals surface area contributed by atoms with Gasteiger partial charge in [0.2, 0.25) is 11.8 Å². The second-order valence-corrected chi connectivity index (χ2v) is 3.97. The first-order chi connectivity index (χ1) is 8.63. The second kappa shape index (κ2) is 5.13. The third-order valence-electron chi connectivity index (χ3n) is 2.77. The van der Waals surface area contributed by atoms with Crippen molar-refractivity contribution in [1.82, 2.24) is 25.7 Å². The van der Waals surface area contributed by atoms with Crippen LogP contribution < -0.4 is 10.6 Å². The van der Waals surface area contributed by atoms with E-state index in [1.165, 1.54) is 11.9 Å². The fourth-order valence-corrected chi connectivity index (χ4v) is 1.86. The minimum Gasteiger partial charge on any atom is -0.357 e. The summed E-state index contributed by atoms with van der Waals surface area (Å²) in [7, 11) is 1.54. The van der Waals surface area contributed by atoms with Gasteiger partial charge < -0.3 is 20.1 Å². The van der Waals surface area contributed by atoms with Crippen LogP contribution in [0.2, 0.25) is 0 Å². The van der Waals surface area contributed by atoms with Crippen molar-refractivity contribution in [2.24, 2.45) is 0 Å². The Morgan fingerprint density at radius 3 is 2.94 bits per heavy atom. The van der Waals surface area contributed by atoms with Crippen LogP contribution in [0.4, 0.5) is 0 Å². The smallest absolute Gasteiger partial charge is 0.296 e. The summed E-state index contributed by atoms with van der Waals surface area (Å²) in [6.45, 7) is 3.10. The zero-order valence-electron chi connectivity index (χ0n) is 10.3. The average Bonchev–Trinajstić information content (AvgIpc) is 2.83. The van der Waals surface area contributed by atoms with Gasteiger partial charge in [-0.05, 0) is 0 Å². The molecule has 1 atom stereocenters. The molecule has 1 fully saturated rings. The first-order valence-corrected chi connectivity index (χ1v) is 5.67. The number of carbonyl (C=O) groups excluding carboxylic acids is 2. The number of rotatable bonds is 2. The van der Waals surface area contributed by atoms with Gasteiger partial charge in [-0.3, -0.25) is 9.59 Å². The molecular formula is C10H15N5O3. The number of piperazine rings is 1. The van der Waals surface area contributed by atoms with Crippen molar-refractivity contribution in [2.45, 2.75) is 13.0 Å². The Hall–Kier alpha value is -1.96. The van der Waals surface area contributed by atoms with E-state index in [1.54, 1.807) is 6.92 Å². The molecule has 2 amide bonds. The molecule has 8 heteroatoms. The Kier molecular flexibility index (Phi) is 3.56. The van der Waals surface area contributed by atoms with Crippen molar-refractivity contribution in [3.8, 4) is 0 Å². The van der Waals surface area contributed by atoms with Crippen molar-refractivity contribution >= 4 is 11.8 Å². The van der Waals surface area contributed by atoms with E-state index < -0.39 is 6.04 Å². The van der Waals surface area contributed by atoms with Crippen LogP contribution in [-0.4, -0.2) is 59.6 Å². The average molecular weight is 253 g/mol. The van der Waals surface area contributed by atoms with Gasteiger partial charge in [-0.15, -0.1) is 0 Å². The number of nitrogens with zero attached hydrogens (tertiary/aromatic N) is 3. The van der Waals surface area contributed by atoms with Crippen LogP contribution >= 0.6 is 0 Å². The molecular weight excluding hydrogens is 238 g/mol. The van der Waals surface area contributed by atoms with Crippen LogP contribution in [0.25, 0.3) is 0 Å². The summed E-state index contributed by atoms with van der Waals surface area (Å²) in [5.74, 6) is -0.286. The molecule has 2 N–H and O–H groups in total. The summed E-state index contributed by atoms with van der Waals surface area (Å²) in [5.41, 5.74) is 0. The van der Waals surface area contributed by atoms with Crippen LogP contribution in [0.1, 0.15) is 16.5 Å². The van der Waals surface area contributed by atoms with Crippen LogP contribution in [0.3, 0.4) is 0 Å². The standard InChI is InChI=1S/C10H15N5O3/c1-6-13-8(14-18-6)10(17)15-4-3-12-5-7(15)9(16)11-2/h7,12H,3-5H2,1-2H3,(H,11,16). The molecule has 0 bridgehead atoms. The fourth-order valence-electron chi connectivity index (χ4n) is 1.86. The summed E-state index contributed by atoms with van der Waals surface area (Å²) < 4.78 is 4.77. The maximum absolute atomic E-state index is 12.2. The van der Waals surface area contributed by atoms with Crippen molar-refractivity contribution in [3.05, 3.63) is 11.7 Å². The van der Waals surface area contributed by atoms with E-state index >= 15 is 0 Å². The molecule has 1 unspecified atom stereocenters. The van der Waals surface area contributed by atoms with Crippen LogP contribution in [0, 0.1) is 6.92 Å². The highest BCUT2D eigenvalue weighted by Gasteiger charge is 2.33. The molecule has 0 saturated carbocycles. The summed E-state index contributed by atoms with van der Waals surface area (Å²) in [5, 5.41) is 9.19. The van der Waals surface area contributed by atoms with Gasteiger partial charge in [0, 0.05) is 33.6 Å². The number of aromatic nitrogens is 2. The van der Waals surface area contributed by atoms with Gasteiger partial charge in [-0.25, -0.2) is 0 Å². The molecule has 18 heavy (non-hydrogen) atoms. The summed E-state index contributed by atoms with van der Waals surface area (Å²) in [4.78, 5) is 29.2. The Morgan fingerprint density at radius 1 is 1.56 bits per heavy atom. The molecule has 1 aromatic heterocycles. The Morgan fingerprint density at radius 2 is 2.33 bits per heavy atom. The van der Waals surface area contributed by atoms with Gasteiger partial charge >= 0.3 is 0 Å². The fraction of sp³-hybridized carbons (Fsp3) is 0.600. The molecule has 1 aliphatic heterocycles. The van der Waals surface area contributed by atoms with E-state index in [1.807, 2.05) is 0 Å². The minimum atomic E-state index is -0.546. The van der Waals surface area contributed by atoms with Crippen LogP contribution in [-0.2, 0) is 4.79 Å². The third kappa shape index (κ3) is 2.33. The lowest BCUT2D eigenvalue weighted by Crippen LogP contribution is -2.59. The highest BCUT2D eigenvalue weighted by atomic mass is 16.5.